The molecule has 1 aliphatic heterocycles. The van der Waals surface area contributed by atoms with Crippen LogP contribution >= 0.6 is 28.3 Å². The van der Waals surface area contributed by atoms with E-state index in [0.29, 0.717) is 6.54 Å². The number of carbonyl (C=O) groups excluding carboxylic acids is 1. The molecule has 1 heterocycles. The minimum absolute atomic E-state index is 0. The van der Waals surface area contributed by atoms with Gasteiger partial charge in [0.1, 0.15) is 0 Å². The predicted octanol–water partition coefficient (Wildman–Crippen LogP) is 3.53. The summed E-state index contributed by atoms with van der Waals surface area (Å²) in [6, 6.07) is 8.59. The maximum absolute atomic E-state index is 12.4. The first kappa shape index (κ1) is 16.8. The summed E-state index contributed by atoms with van der Waals surface area (Å²) in [6.07, 6.45) is 4.83. The Balaban J connectivity index is 0.00000161. The lowest BCUT2D eigenvalue weighted by Gasteiger charge is -2.25. The van der Waals surface area contributed by atoms with Gasteiger partial charge in [-0.05, 0) is 55.8 Å². The van der Waals surface area contributed by atoms with Crippen molar-refractivity contribution >= 4 is 34.2 Å². The quantitative estimate of drug-likeness (QED) is 0.856. The third-order valence-electron chi connectivity index (χ3n) is 4.21. The van der Waals surface area contributed by atoms with E-state index < -0.39 is 0 Å². The average Bonchev–Trinajstić information content (AvgIpc) is 3.12. The van der Waals surface area contributed by atoms with Gasteiger partial charge < -0.3 is 10.2 Å². The molecule has 1 saturated carbocycles. The van der Waals surface area contributed by atoms with Gasteiger partial charge >= 0.3 is 0 Å². The van der Waals surface area contributed by atoms with E-state index in [1.807, 2.05) is 17.0 Å². The van der Waals surface area contributed by atoms with Gasteiger partial charge in [-0.3, -0.25) is 4.79 Å². The zero-order chi connectivity index (χ0) is 13.9. The second kappa shape index (κ2) is 7.61. The molecule has 3 nitrogen and oxygen atoms in total. The lowest BCUT2D eigenvalue weighted by molar-refractivity contribution is -0.131. The van der Waals surface area contributed by atoms with E-state index in [1.165, 1.54) is 18.4 Å². The Kier molecular flexibility index (Phi) is 6.08. The van der Waals surface area contributed by atoms with Crippen molar-refractivity contribution in [1.29, 1.82) is 0 Å². The topological polar surface area (TPSA) is 32.3 Å². The van der Waals surface area contributed by atoms with E-state index in [-0.39, 0.29) is 24.4 Å². The third kappa shape index (κ3) is 4.44. The van der Waals surface area contributed by atoms with Crippen molar-refractivity contribution in [1.82, 2.24) is 10.2 Å². The number of amides is 1. The average molecular weight is 374 g/mol. The molecule has 116 valence electrons. The van der Waals surface area contributed by atoms with Crippen LogP contribution in [0.1, 0.15) is 37.3 Å². The summed E-state index contributed by atoms with van der Waals surface area (Å²) < 4.78 is 1.08. The molecule has 2 aliphatic rings. The van der Waals surface area contributed by atoms with Gasteiger partial charge in [0.2, 0.25) is 5.91 Å². The fourth-order valence-corrected chi connectivity index (χ4v) is 3.35. The van der Waals surface area contributed by atoms with E-state index in [0.717, 1.165) is 36.3 Å². The Morgan fingerprint density at radius 3 is 2.86 bits per heavy atom. The number of benzene rings is 1. The molecule has 0 bridgehead atoms. The molecule has 2 fully saturated rings. The zero-order valence-electron chi connectivity index (χ0n) is 12.1. The minimum Gasteiger partial charge on any atom is -0.335 e. The van der Waals surface area contributed by atoms with Crippen molar-refractivity contribution in [3.05, 3.63) is 34.3 Å². The van der Waals surface area contributed by atoms with Crippen LogP contribution in [0.25, 0.3) is 0 Å². The van der Waals surface area contributed by atoms with E-state index >= 15 is 0 Å². The van der Waals surface area contributed by atoms with Crippen LogP contribution in [0.5, 0.6) is 0 Å². The van der Waals surface area contributed by atoms with Crippen molar-refractivity contribution in [2.75, 3.05) is 19.6 Å². The molecular weight excluding hydrogens is 352 g/mol. The molecule has 21 heavy (non-hydrogen) atoms. The zero-order valence-corrected chi connectivity index (χ0v) is 14.5. The smallest absolute Gasteiger partial charge is 0.237 e. The highest BCUT2D eigenvalue weighted by molar-refractivity contribution is 9.10. The number of nitrogens with zero attached hydrogens (tertiary/aromatic N) is 1. The largest absolute Gasteiger partial charge is 0.335 e. The number of likely N-dealkylation sites (tertiary alicyclic amines) is 1. The highest BCUT2D eigenvalue weighted by Crippen LogP contribution is 2.33. The van der Waals surface area contributed by atoms with Gasteiger partial charge in [0, 0.05) is 11.0 Å². The van der Waals surface area contributed by atoms with Crippen LogP contribution in [0.15, 0.2) is 28.7 Å². The highest BCUT2D eigenvalue weighted by Gasteiger charge is 2.30. The van der Waals surface area contributed by atoms with Crippen molar-refractivity contribution in [3.8, 4) is 0 Å². The van der Waals surface area contributed by atoms with Crippen LogP contribution in [0.3, 0.4) is 0 Å². The molecule has 5 heteroatoms. The van der Waals surface area contributed by atoms with Crippen molar-refractivity contribution < 1.29 is 4.79 Å². The standard InChI is InChI=1S/C16H21BrN2O.ClH/c17-14-4-1-3-13(9-14)15-5-2-8-19(15)16(20)11-18-10-12-6-7-12;/h1,3-4,9,12,15,18H,2,5-8,10-11H2;1H. The number of nitrogens with one attached hydrogen (secondary N) is 1. The van der Waals surface area contributed by atoms with E-state index in [2.05, 4.69) is 33.4 Å². The first-order chi connectivity index (χ1) is 9.74. The lowest BCUT2D eigenvalue weighted by Crippen LogP contribution is -2.38. The van der Waals surface area contributed by atoms with Gasteiger partial charge in [0.15, 0.2) is 0 Å². The second-order valence-corrected chi connectivity index (χ2v) is 6.79. The Hall–Kier alpha value is -0.580. The van der Waals surface area contributed by atoms with Crippen LogP contribution in [0, 0.1) is 5.92 Å². The normalized spacial score (nSPS) is 21.2. The Morgan fingerprint density at radius 1 is 1.33 bits per heavy atom. The van der Waals surface area contributed by atoms with Gasteiger partial charge in [-0.2, -0.15) is 0 Å². The van der Waals surface area contributed by atoms with E-state index in [1.54, 1.807) is 0 Å². The van der Waals surface area contributed by atoms with Crippen molar-refractivity contribution in [2.45, 2.75) is 31.7 Å². The van der Waals surface area contributed by atoms with Gasteiger partial charge in [0.05, 0.1) is 12.6 Å². The number of hydrogen-bond acceptors (Lipinski definition) is 2. The van der Waals surface area contributed by atoms with Crippen LogP contribution in [-0.2, 0) is 4.79 Å². The Labute approximate surface area is 141 Å². The first-order valence-electron chi connectivity index (χ1n) is 7.49. The molecule has 1 aromatic rings. The summed E-state index contributed by atoms with van der Waals surface area (Å²) >= 11 is 3.52. The molecule has 1 unspecified atom stereocenters. The number of halogens is 2. The van der Waals surface area contributed by atoms with Crippen molar-refractivity contribution in [2.24, 2.45) is 5.92 Å². The monoisotopic (exact) mass is 372 g/mol. The summed E-state index contributed by atoms with van der Waals surface area (Å²) in [7, 11) is 0. The number of carbonyl (C=O) groups is 1. The predicted molar refractivity (Wildman–Crippen MR) is 90.7 cm³/mol. The second-order valence-electron chi connectivity index (χ2n) is 5.87. The summed E-state index contributed by atoms with van der Waals surface area (Å²) in [4.78, 5) is 14.4. The highest BCUT2D eigenvalue weighted by atomic mass is 79.9. The first-order valence-corrected chi connectivity index (χ1v) is 8.29. The van der Waals surface area contributed by atoms with E-state index in [4.69, 9.17) is 0 Å². The molecule has 0 spiro atoms. The van der Waals surface area contributed by atoms with Gasteiger partial charge in [-0.1, -0.05) is 28.1 Å². The Morgan fingerprint density at radius 2 is 2.14 bits per heavy atom. The molecule has 3 rings (SSSR count). The van der Waals surface area contributed by atoms with Crippen LogP contribution in [0.2, 0.25) is 0 Å². The number of hydrogen-bond donors (Lipinski definition) is 1. The summed E-state index contributed by atoms with van der Waals surface area (Å²) in [5.74, 6) is 1.07. The van der Waals surface area contributed by atoms with Crippen LogP contribution in [-0.4, -0.2) is 30.4 Å². The lowest BCUT2D eigenvalue weighted by atomic mass is 10.0. The summed E-state index contributed by atoms with van der Waals surface area (Å²) in [6.45, 7) is 2.38. The molecule has 0 radical (unpaired) electrons. The summed E-state index contributed by atoms with van der Waals surface area (Å²) in [5, 5.41) is 3.31. The van der Waals surface area contributed by atoms with Crippen molar-refractivity contribution in [3.63, 3.8) is 0 Å². The molecule has 1 saturated heterocycles. The fraction of sp³-hybridized carbons (Fsp3) is 0.562. The molecular formula is C16H22BrClN2O. The molecule has 1 amide bonds. The SMILES string of the molecule is Cl.O=C(CNCC1CC1)N1CCCC1c1cccc(Br)c1. The Bertz CT molecular complexity index is 493. The van der Waals surface area contributed by atoms with Gasteiger partial charge in [0.25, 0.3) is 0 Å². The van der Waals surface area contributed by atoms with E-state index in [9.17, 15) is 4.79 Å². The molecule has 1 aliphatic carbocycles. The molecule has 1 atom stereocenters. The molecule has 1 N–H and O–H groups in total. The maximum Gasteiger partial charge on any atom is 0.237 e. The summed E-state index contributed by atoms with van der Waals surface area (Å²) in [5.41, 5.74) is 1.24. The van der Waals surface area contributed by atoms with Crippen LogP contribution in [0.4, 0.5) is 0 Å². The molecule has 1 aromatic carbocycles. The third-order valence-corrected chi connectivity index (χ3v) is 4.71. The number of rotatable bonds is 5. The van der Waals surface area contributed by atoms with Gasteiger partial charge in [-0.15, -0.1) is 12.4 Å². The van der Waals surface area contributed by atoms with Crippen LogP contribution < -0.4 is 5.32 Å². The minimum atomic E-state index is 0. The maximum atomic E-state index is 12.4. The molecule has 0 aromatic heterocycles. The van der Waals surface area contributed by atoms with Gasteiger partial charge in [-0.25, -0.2) is 0 Å². The fourth-order valence-electron chi connectivity index (χ4n) is 2.93.